The van der Waals surface area contributed by atoms with Gasteiger partial charge in [0.25, 0.3) is 0 Å². The van der Waals surface area contributed by atoms with Crippen molar-refractivity contribution in [2.24, 2.45) is 5.73 Å². The lowest BCUT2D eigenvalue weighted by molar-refractivity contribution is 0.132. The summed E-state index contributed by atoms with van der Waals surface area (Å²) in [6.45, 7) is 1.24. The fourth-order valence-corrected chi connectivity index (χ4v) is 1.10. The van der Waals surface area contributed by atoms with E-state index in [4.69, 9.17) is 14.2 Å². The molecule has 0 aliphatic carbocycles. The van der Waals surface area contributed by atoms with Crippen LogP contribution < -0.4 is 5.73 Å². The average Bonchev–Trinajstić information content (AvgIpc) is 2.29. The van der Waals surface area contributed by atoms with Gasteiger partial charge in [-0.15, -0.1) is 0 Å². The van der Waals surface area contributed by atoms with Crippen LogP contribution in [-0.4, -0.2) is 26.2 Å². The van der Waals surface area contributed by atoms with Crippen molar-refractivity contribution >= 4 is 11.6 Å². The molecule has 0 unspecified atom stereocenters. The highest BCUT2D eigenvalue weighted by molar-refractivity contribution is 7.51. The maximum Gasteiger partial charge on any atom is 0.335 e. The van der Waals surface area contributed by atoms with Gasteiger partial charge < -0.3 is 10.8 Å². The molecule has 0 heterocycles. The van der Waals surface area contributed by atoms with E-state index in [0.717, 1.165) is 5.56 Å². The first-order valence-electron chi connectivity index (χ1n) is 4.54. The molecule has 0 aliphatic rings. The summed E-state index contributed by atoms with van der Waals surface area (Å²) in [5.41, 5.74) is 7.13. The molecule has 3 N–H and O–H groups in total. The van der Waals surface area contributed by atoms with E-state index in [1.54, 1.807) is 12.1 Å². The minimum absolute atomic E-state index is 0.663. The second-order valence-electron chi connectivity index (χ2n) is 3.24. The lowest BCUT2D eigenvalue weighted by Gasteiger charge is -2.15. The van der Waals surface area contributed by atoms with Crippen molar-refractivity contribution in [2.45, 2.75) is 19.1 Å². The molecule has 6 heteroatoms. The molecule has 0 saturated carbocycles. The summed E-state index contributed by atoms with van der Waals surface area (Å²) in [5.74, 6) is 0. The zero-order chi connectivity index (χ0) is 12.6. The van der Waals surface area contributed by atoms with Gasteiger partial charge in [0.1, 0.15) is 6.67 Å². The van der Waals surface area contributed by atoms with Crippen molar-refractivity contribution in [1.29, 1.82) is 0 Å². The molecule has 0 radical (unpaired) electrons. The minimum Gasteiger partial charge on any atom is -0.387 e. The fourth-order valence-electron chi connectivity index (χ4n) is 1.10. The van der Waals surface area contributed by atoms with Crippen LogP contribution in [0.3, 0.4) is 0 Å². The van der Waals surface area contributed by atoms with Gasteiger partial charge in [0.15, 0.2) is 0 Å². The monoisotopic (exact) mass is 247 g/mol. The van der Waals surface area contributed by atoms with E-state index in [-0.39, 0.29) is 0 Å². The van der Waals surface area contributed by atoms with E-state index in [1.807, 2.05) is 19.1 Å². The molecule has 1 aromatic rings. The normalized spacial score (nSPS) is 13.2. The van der Waals surface area contributed by atoms with Crippen molar-refractivity contribution in [3.05, 3.63) is 35.4 Å². The number of hydrogen-bond donors (Lipinski definition) is 2. The first-order chi connectivity index (χ1) is 7.56. The molecule has 1 rings (SSSR count). The van der Waals surface area contributed by atoms with Crippen LogP contribution in [0.4, 0.5) is 4.39 Å². The highest BCUT2D eigenvalue weighted by Gasteiger charge is 2.15. The minimum atomic E-state index is -0.911. The number of rotatable bonds is 3. The van der Waals surface area contributed by atoms with E-state index < -0.39 is 30.4 Å². The Hall–Kier alpha value is -1.11. The van der Waals surface area contributed by atoms with Crippen molar-refractivity contribution in [3.8, 4) is 0 Å². The van der Waals surface area contributed by atoms with Crippen LogP contribution in [0.5, 0.6) is 0 Å². The summed E-state index contributed by atoms with van der Waals surface area (Å²) in [5, 5.41) is 9.51. The summed E-state index contributed by atoms with van der Waals surface area (Å²) in [7, 11) is 0. The lowest BCUT2D eigenvalue weighted by Crippen LogP contribution is -2.30. The zero-order valence-corrected chi connectivity index (χ0v) is 9.61. The first kappa shape index (κ1) is 14.9. The molecule has 4 nitrogen and oxygen atoms in total. The van der Waals surface area contributed by atoms with Gasteiger partial charge in [0.2, 0.25) is 0 Å². The molecule has 16 heavy (non-hydrogen) atoms. The Bertz CT molecular complexity index is 338. The van der Waals surface area contributed by atoms with Crippen LogP contribution in [0, 0.1) is 6.92 Å². The Balaban J connectivity index is 0.000000673. The Kier molecular flexibility index (Phi) is 7.53. The molecule has 90 valence electrons. The predicted molar refractivity (Wildman–Crippen MR) is 59.0 cm³/mol. The van der Waals surface area contributed by atoms with Crippen LogP contribution in [0.15, 0.2) is 24.3 Å². The van der Waals surface area contributed by atoms with Crippen LogP contribution in [0.25, 0.3) is 0 Å². The van der Waals surface area contributed by atoms with Crippen LogP contribution in [0.2, 0.25) is 0 Å². The molecule has 0 aromatic heterocycles. The number of nitrogens with two attached hydrogens (primary N) is 1. The largest absolute Gasteiger partial charge is 0.387 e. The number of aryl methyl sites for hydroxylation is 1. The third kappa shape index (κ3) is 5.11. The number of alkyl halides is 1. The van der Waals surface area contributed by atoms with Gasteiger partial charge in [-0.25, -0.2) is 4.39 Å². The highest BCUT2D eigenvalue weighted by atomic mass is 32.1. The van der Waals surface area contributed by atoms with Crippen LogP contribution >= 0.6 is 0 Å². The van der Waals surface area contributed by atoms with Crippen LogP contribution in [-0.2, 0) is 11.6 Å². The first-order valence-corrected chi connectivity index (χ1v) is 5.21. The molecule has 0 amide bonds. The molecule has 0 saturated heterocycles. The van der Waals surface area contributed by atoms with Crippen molar-refractivity contribution < 1.29 is 17.9 Å². The molecular weight excluding hydrogens is 233 g/mol. The third-order valence-electron chi connectivity index (χ3n) is 2.00. The van der Waals surface area contributed by atoms with Crippen LogP contribution in [0.1, 0.15) is 17.2 Å². The molecule has 0 fully saturated rings. The van der Waals surface area contributed by atoms with Crippen molar-refractivity contribution in [3.63, 3.8) is 0 Å². The van der Waals surface area contributed by atoms with Gasteiger partial charge in [0, 0.05) is 0 Å². The summed E-state index contributed by atoms with van der Waals surface area (Å²) in [6.07, 6.45) is -0.911. The van der Waals surface area contributed by atoms with Gasteiger partial charge in [-0.05, 0) is 12.5 Å². The number of aliphatic hydroxyl groups is 1. The Morgan fingerprint density at radius 1 is 1.38 bits per heavy atom. The van der Waals surface area contributed by atoms with Gasteiger partial charge in [-0.1, -0.05) is 29.8 Å². The summed E-state index contributed by atoms with van der Waals surface area (Å²) < 4.78 is 28.7. The molecule has 0 bridgehead atoms. The zero-order valence-electron chi connectivity index (χ0n) is 8.80. The Labute approximate surface area is 96.9 Å². The standard InChI is InChI=1S/C10H14FNO.O2S/c1-7-2-4-8(5-3-7)10(13)9(12)6-11;1-3-2/h2-5,9-10,13H,6,12H2,1H3;/t9-,10-;/m1./s1. The Morgan fingerprint density at radius 3 is 2.19 bits per heavy atom. The molecule has 1 aromatic carbocycles. The van der Waals surface area contributed by atoms with Gasteiger partial charge in [-0.3, -0.25) is 0 Å². The van der Waals surface area contributed by atoms with E-state index in [9.17, 15) is 9.50 Å². The average molecular weight is 247 g/mol. The van der Waals surface area contributed by atoms with Gasteiger partial charge in [0.05, 0.1) is 12.1 Å². The SMILES string of the molecule is Cc1ccc([C@@H](O)[C@H](N)CF)cc1.O=S=O. The van der Waals surface area contributed by atoms with E-state index >= 15 is 0 Å². The molecule has 0 spiro atoms. The maximum atomic E-state index is 12.1. The molecule has 2 atom stereocenters. The molecular formula is C10H14FNO3S. The van der Waals surface area contributed by atoms with Crippen molar-refractivity contribution in [2.75, 3.05) is 6.67 Å². The van der Waals surface area contributed by atoms with E-state index in [1.165, 1.54) is 0 Å². The quantitative estimate of drug-likeness (QED) is 0.822. The third-order valence-corrected chi connectivity index (χ3v) is 2.00. The predicted octanol–water partition coefficient (Wildman–Crippen LogP) is 0.655. The number of aliphatic hydroxyl groups excluding tert-OH is 1. The second-order valence-corrected chi connectivity index (χ2v) is 3.38. The number of hydrogen-bond acceptors (Lipinski definition) is 4. The number of halogens is 1. The van der Waals surface area contributed by atoms with E-state index in [0.29, 0.717) is 5.56 Å². The molecule has 0 aliphatic heterocycles. The highest BCUT2D eigenvalue weighted by Crippen LogP contribution is 2.16. The second kappa shape index (κ2) is 8.09. The smallest absolute Gasteiger partial charge is 0.335 e. The number of benzene rings is 1. The maximum absolute atomic E-state index is 12.1. The summed E-state index contributed by atoms with van der Waals surface area (Å²) in [6, 6.07) is 6.42. The summed E-state index contributed by atoms with van der Waals surface area (Å²) in [4.78, 5) is 0. The van der Waals surface area contributed by atoms with Crippen molar-refractivity contribution in [1.82, 2.24) is 0 Å². The van der Waals surface area contributed by atoms with E-state index in [2.05, 4.69) is 0 Å². The Morgan fingerprint density at radius 2 is 1.81 bits per heavy atom. The fraction of sp³-hybridized carbons (Fsp3) is 0.400. The topological polar surface area (TPSA) is 80.4 Å². The summed E-state index contributed by atoms with van der Waals surface area (Å²) >= 11 is -0.750. The van der Waals surface area contributed by atoms with Gasteiger partial charge >= 0.3 is 11.6 Å². The lowest BCUT2D eigenvalue weighted by atomic mass is 10.0. The van der Waals surface area contributed by atoms with Gasteiger partial charge in [-0.2, -0.15) is 8.42 Å².